The molecule has 1 aromatic rings. The molecule has 21 heavy (non-hydrogen) atoms. The number of aromatic nitrogens is 1. The summed E-state index contributed by atoms with van der Waals surface area (Å²) >= 11 is 1.19. The minimum Gasteiger partial charge on any atom is -0.480 e. The van der Waals surface area contributed by atoms with Crippen LogP contribution in [0.1, 0.15) is 42.7 Å². The summed E-state index contributed by atoms with van der Waals surface area (Å²) < 4.78 is 36.8. The van der Waals surface area contributed by atoms with Crippen LogP contribution in [0.15, 0.2) is 5.38 Å². The summed E-state index contributed by atoms with van der Waals surface area (Å²) in [5.41, 5.74) is -0.389. The highest BCUT2D eigenvalue weighted by Crippen LogP contribution is 2.26. The van der Waals surface area contributed by atoms with Crippen molar-refractivity contribution in [3.8, 4) is 0 Å². The Hall–Kier alpha value is -1.64. The summed E-state index contributed by atoms with van der Waals surface area (Å²) in [7, 11) is 0. The van der Waals surface area contributed by atoms with Gasteiger partial charge >= 0.3 is 12.1 Å². The van der Waals surface area contributed by atoms with Crippen molar-refractivity contribution in [1.82, 2.24) is 10.3 Å². The normalized spacial score (nSPS) is 13.8. The van der Waals surface area contributed by atoms with E-state index in [2.05, 4.69) is 4.98 Å². The first-order valence-corrected chi connectivity index (χ1v) is 6.84. The van der Waals surface area contributed by atoms with E-state index in [0.717, 1.165) is 0 Å². The molecule has 0 radical (unpaired) electrons. The van der Waals surface area contributed by atoms with Gasteiger partial charge in [-0.25, -0.2) is 9.78 Å². The second kappa shape index (κ2) is 6.00. The van der Waals surface area contributed by atoms with Gasteiger partial charge in [0.05, 0.1) is 11.4 Å². The molecule has 0 saturated heterocycles. The second-order valence-corrected chi connectivity index (χ2v) is 6.33. The van der Waals surface area contributed by atoms with Crippen LogP contribution in [0.25, 0.3) is 0 Å². The Labute approximate surface area is 123 Å². The van der Waals surface area contributed by atoms with Crippen molar-refractivity contribution in [2.75, 3.05) is 0 Å². The number of thiazole rings is 1. The Morgan fingerprint density at radius 1 is 1.38 bits per heavy atom. The molecule has 0 aromatic carbocycles. The molecule has 1 unspecified atom stereocenters. The lowest BCUT2D eigenvalue weighted by Gasteiger charge is -2.16. The quantitative estimate of drug-likeness (QED) is 0.892. The van der Waals surface area contributed by atoms with Gasteiger partial charge in [0.1, 0.15) is 11.7 Å². The van der Waals surface area contributed by atoms with Gasteiger partial charge in [-0.3, -0.25) is 4.79 Å². The maximum atomic E-state index is 12.3. The second-order valence-electron chi connectivity index (χ2n) is 5.47. The molecule has 1 rings (SSSR count). The fourth-order valence-corrected chi connectivity index (χ4v) is 2.27. The molecule has 0 aliphatic carbocycles. The van der Waals surface area contributed by atoms with Crippen molar-refractivity contribution in [3.63, 3.8) is 0 Å². The van der Waals surface area contributed by atoms with E-state index in [1.807, 2.05) is 26.1 Å². The van der Waals surface area contributed by atoms with Gasteiger partial charge in [-0.2, -0.15) is 13.2 Å². The zero-order valence-corrected chi connectivity index (χ0v) is 12.4. The van der Waals surface area contributed by atoms with Crippen LogP contribution in [0, 0.1) is 0 Å². The minimum atomic E-state index is -4.69. The predicted molar refractivity (Wildman–Crippen MR) is 70.4 cm³/mol. The number of amides is 1. The third-order valence-corrected chi connectivity index (χ3v) is 3.69. The molecular weight excluding hydrogens is 309 g/mol. The lowest BCUT2D eigenvalue weighted by molar-refractivity contribution is -0.157. The number of alkyl halides is 3. The van der Waals surface area contributed by atoms with Crippen LogP contribution in [0.2, 0.25) is 0 Å². The number of rotatable bonds is 4. The summed E-state index contributed by atoms with van der Waals surface area (Å²) in [6, 6.07) is -2.03. The summed E-state index contributed by atoms with van der Waals surface area (Å²) in [6.45, 7) is 5.62. The highest BCUT2D eigenvalue weighted by molar-refractivity contribution is 7.10. The molecule has 0 saturated carbocycles. The lowest BCUT2D eigenvalue weighted by Crippen LogP contribution is -2.43. The molecule has 0 fully saturated rings. The maximum absolute atomic E-state index is 12.3. The lowest BCUT2D eigenvalue weighted by atomic mass is 9.98. The third kappa shape index (κ3) is 5.33. The van der Waals surface area contributed by atoms with Crippen molar-refractivity contribution in [2.24, 2.45) is 0 Å². The monoisotopic (exact) mass is 324 g/mol. The van der Waals surface area contributed by atoms with Gasteiger partial charge in [0, 0.05) is 10.8 Å². The molecule has 2 N–H and O–H groups in total. The number of nitrogens with zero attached hydrogens (tertiary/aromatic N) is 1. The number of halogens is 3. The molecule has 1 amide bonds. The first-order chi connectivity index (χ1) is 9.40. The number of hydrogen-bond donors (Lipinski definition) is 2. The molecule has 9 heteroatoms. The van der Waals surface area contributed by atoms with Crippen molar-refractivity contribution in [3.05, 3.63) is 16.1 Å². The highest BCUT2D eigenvalue weighted by Gasteiger charge is 2.36. The fourth-order valence-electron chi connectivity index (χ4n) is 1.39. The zero-order chi connectivity index (χ0) is 16.4. The van der Waals surface area contributed by atoms with Crippen LogP contribution in [0.3, 0.4) is 0 Å². The number of carboxylic acid groups (broad SMARTS) is 1. The first-order valence-electron chi connectivity index (χ1n) is 5.96. The summed E-state index contributed by atoms with van der Waals surface area (Å²) in [5.74, 6) is -2.68. The molecule has 1 atom stereocenters. The number of carboxylic acids is 1. The zero-order valence-electron chi connectivity index (χ0n) is 11.6. The molecule has 0 bridgehead atoms. The largest absolute Gasteiger partial charge is 0.480 e. The van der Waals surface area contributed by atoms with E-state index in [0.29, 0.717) is 5.01 Å². The average molecular weight is 324 g/mol. The number of aliphatic carboxylic acids is 1. The Bertz CT molecular complexity index is 535. The van der Waals surface area contributed by atoms with Crippen molar-refractivity contribution >= 4 is 23.2 Å². The Morgan fingerprint density at radius 3 is 2.33 bits per heavy atom. The summed E-state index contributed by atoms with van der Waals surface area (Å²) in [5, 5.41) is 12.6. The van der Waals surface area contributed by atoms with E-state index in [4.69, 9.17) is 5.11 Å². The average Bonchev–Trinajstić information content (AvgIpc) is 2.74. The van der Waals surface area contributed by atoms with Crippen LogP contribution in [-0.2, 0) is 10.2 Å². The number of carbonyl (C=O) groups is 2. The molecule has 0 aliphatic rings. The van der Waals surface area contributed by atoms with Gasteiger partial charge < -0.3 is 10.4 Å². The van der Waals surface area contributed by atoms with Crippen LogP contribution in [0.5, 0.6) is 0 Å². The van der Waals surface area contributed by atoms with E-state index in [9.17, 15) is 22.8 Å². The standard InChI is InChI=1S/C12H15F3N2O3S/c1-11(2,3)10-17-7(5-21-10)8(18)16-6(9(19)20)4-12(13,14)15/h5-6H,4H2,1-3H3,(H,16,18)(H,19,20). The van der Waals surface area contributed by atoms with Crippen LogP contribution in [0.4, 0.5) is 13.2 Å². The van der Waals surface area contributed by atoms with E-state index >= 15 is 0 Å². The van der Waals surface area contributed by atoms with Gasteiger partial charge in [-0.15, -0.1) is 11.3 Å². The molecule has 1 heterocycles. The van der Waals surface area contributed by atoms with Gasteiger partial charge in [0.2, 0.25) is 0 Å². The van der Waals surface area contributed by atoms with Crippen LogP contribution in [-0.4, -0.2) is 34.2 Å². The van der Waals surface area contributed by atoms with Crippen molar-refractivity contribution in [1.29, 1.82) is 0 Å². The molecule has 1 aromatic heterocycles. The van der Waals surface area contributed by atoms with Crippen molar-refractivity contribution in [2.45, 2.75) is 44.8 Å². The van der Waals surface area contributed by atoms with Gasteiger partial charge in [0.25, 0.3) is 5.91 Å². The van der Waals surface area contributed by atoms with Crippen LogP contribution >= 0.6 is 11.3 Å². The smallest absolute Gasteiger partial charge is 0.391 e. The molecule has 5 nitrogen and oxygen atoms in total. The molecule has 118 valence electrons. The summed E-state index contributed by atoms with van der Waals surface area (Å²) in [6.07, 6.45) is -6.32. The van der Waals surface area contributed by atoms with E-state index in [1.165, 1.54) is 16.7 Å². The van der Waals surface area contributed by atoms with Gasteiger partial charge in [0.15, 0.2) is 0 Å². The third-order valence-electron chi connectivity index (χ3n) is 2.42. The highest BCUT2D eigenvalue weighted by atomic mass is 32.1. The van der Waals surface area contributed by atoms with E-state index < -0.39 is 30.5 Å². The number of hydrogen-bond acceptors (Lipinski definition) is 4. The van der Waals surface area contributed by atoms with Gasteiger partial charge in [-0.05, 0) is 0 Å². The molecule has 0 aliphatic heterocycles. The Balaban J connectivity index is 2.83. The van der Waals surface area contributed by atoms with Gasteiger partial charge in [-0.1, -0.05) is 20.8 Å². The van der Waals surface area contributed by atoms with E-state index in [1.54, 1.807) is 0 Å². The maximum Gasteiger partial charge on any atom is 0.391 e. The Morgan fingerprint density at radius 2 is 1.95 bits per heavy atom. The van der Waals surface area contributed by atoms with Crippen molar-refractivity contribution < 1.29 is 27.9 Å². The fraction of sp³-hybridized carbons (Fsp3) is 0.583. The number of carbonyl (C=O) groups excluding carboxylic acids is 1. The molecular formula is C12H15F3N2O3S. The Kier molecular flexibility index (Phi) is 4.98. The first kappa shape index (κ1) is 17.4. The predicted octanol–water partition coefficient (Wildman–Crippen LogP) is 2.58. The topological polar surface area (TPSA) is 79.3 Å². The number of nitrogens with one attached hydrogen (secondary N) is 1. The van der Waals surface area contributed by atoms with Crippen LogP contribution < -0.4 is 5.32 Å². The molecule has 0 spiro atoms. The minimum absolute atomic E-state index is 0.0849. The van der Waals surface area contributed by atoms with E-state index in [-0.39, 0.29) is 11.1 Å². The SMILES string of the molecule is CC(C)(C)c1nc(C(=O)NC(CC(F)(F)F)C(=O)O)cs1. The summed E-state index contributed by atoms with van der Waals surface area (Å²) in [4.78, 5) is 26.6.